The van der Waals surface area contributed by atoms with Crippen LogP contribution in [0.1, 0.15) is 0 Å². The first-order chi connectivity index (χ1) is 16.2. The molecule has 34 heavy (non-hydrogen) atoms. The van der Waals surface area contributed by atoms with Gasteiger partial charge in [-0.25, -0.2) is 41.5 Å². The molecule has 0 saturated carbocycles. The van der Waals surface area contributed by atoms with E-state index in [1.54, 1.807) is 7.05 Å². The first kappa shape index (κ1) is 23.4. The van der Waals surface area contributed by atoms with Gasteiger partial charge in [0, 0.05) is 25.0 Å². The summed E-state index contributed by atoms with van der Waals surface area (Å²) in [6.07, 6.45) is 2.87. The summed E-state index contributed by atoms with van der Waals surface area (Å²) in [6.45, 7) is 0. The lowest BCUT2D eigenvalue weighted by Crippen LogP contribution is -2.17. The molecule has 0 aliphatic heterocycles. The maximum atomic E-state index is 15.3. The topological polar surface area (TPSA) is 119 Å². The number of hydrogen-bond acceptors (Lipinski definition) is 8. The van der Waals surface area contributed by atoms with Crippen LogP contribution in [0.2, 0.25) is 5.02 Å². The summed E-state index contributed by atoms with van der Waals surface area (Å²) in [4.78, 5) is 14.7. The summed E-state index contributed by atoms with van der Waals surface area (Å²) in [5.74, 6) is -4.62. The monoisotopic (exact) mass is 510 g/mol. The minimum absolute atomic E-state index is 0.0312. The highest BCUT2D eigenvalue weighted by atomic mass is 35.5. The van der Waals surface area contributed by atoms with Crippen molar-refractivity contribution in [3.05, 3.63) is 59.3 Å². The Hall–Kier alpha value is -3.71. The van der Waals surface area contributed by atoms with Gasteiger partial charge in [-0.15, -0.1) is 0 Å². The van der Waals surface area contributed by atoms with Crippen molar-refractivity contribution in [1.82, 2.24) is 19.9 Å². The smallest absolute Gasteiger partial charge is 0.268 e. The third-order valence-corrected chi connectivity index (χ3v) is 6.20. The number of hydrogen-bond donors (Lipinski definition) is 2. The summed E-state index contributed by atoms with van der Waals surface area (Å²) in [5.41, 5.74) is -1.12. The zero-order valence-corrected chi connectivity index (χ0v) is 19.0. The van der Waals surface area contributed by atoms with Crippen molar-refractivity contribution in [3.8, 4) is 17.0 Å². The molecule has 0 aliphatic carbocycles. The molecule has 0 aliphatic rings. The van der Waals surface area contributed by atoms with E-state index >= 15 is 8.78 Å². The molecule has 0 radical (unpaired) electrons. The summed E-state index contributed by atoms with van der Waals surface area (Å²) < 4.78 is 77.6. The van der Waals surface area contributed by atoms with E-state index in [1.807, 2.05) is 4.72 Å². The maximum absolute atomic E-state index is 15.3. The summed E-state index contributed by atoms with van der Waals surface area (Å²) in [6, 6.07) is 3.50. The molecule has 1 aromatic carbocycles. The van der Waals surface area contributed by atoms with Crippen LogP contribution < -0.4 is 14.8 Å². The van der Waals surface area contributed by atoms with Crippen LogP contribution in [0.5, 0.6) is 5.88 Å². The standard InChI is InChI=1S/C20H14ClF3N6O3S/c1-25-20-28-7-11-13(29-20)4-3-10(16(11)23)15-12(22)8-26-18(17(15)24)30-34(31,32)14-5-9(21)6-27-19(14)33-2/h3-8H,1-2H3,(H,26,30)(H,25,28,29). The van der Waals surface area contributed by atoms with Gasteiger partial charge >= 0.3 is 0 Å². The van der Waals surface area contributed by atoms with E-state index in [9.17, 15) is 12.8 Å². The van der Waals surface area contributed by atoms with Crippen LogP contribution >= 0.6 is 11.6 Å². The van der Waals surface area contributed by atoms with Crippen molar-refractivity contribution in [2.75, 3.05) is 24.2 Å². The summed E-state index contributed by atoms with van der Waals surface area (Å²) in [5, 5.41) is 2.57. The van der Waals surface area contributed by atoms with Gasteiger partial charge in [0.2, 0.25) is 11.8 Å². The highest BCUT2D eigenvalue weighted by Gasteiger charge is 2.27. The number of rotatable bonds is 6. The number of methoxy groups -OCH3 is 1. The fourth-order valence-electron chi connectivity index (χ4n) is 3.11. The zero-order valence-electron chi connectivity index (χ0n) is 17.4. The average molecular weight is 511 g/mol. The Morgan fingerprint density at radius 2 is 1.79 bits per heavy atom. The molecule has 9 nitrogen and oxygen atoms in total. The van der Waals surface area contributed by atoms with E-state index < -0.39 is 49.3 Å². The second-order valence-electron chi connectivity index (χ2n) is 6.71. The third kappa shape index (κ3) is 4.15. The van der Waals surface area contributed by atoms with Crippen LogP contribution in [0, 0.1) is 17.5 Å². The van der Waals surface area contributed by atoms with E-state index in [4.69, 9.17) is 16.3 Å². The number of anilines is 2. The molecule has 4 aromatic rings. The molecule has 0 spiro atoms. The van der Waals surface area contributed by atoms with Crippen LogP contribution in [0.15, 0.2) is 41.7 Å². The van der Waals surface area contributed by atoms with E-state index in [2.05, 4.69) is 25.3 Å². The Balaban J connectivity index is 1.82. The number of fused-ring (bicyclic) bond motifs is 1. The van der Waals surface area contributed by atoms with Crippen LogP contribution in [0.3, 0.4) is 0 Å². The lowest BCUT2D eigenvalue weighted by molar-refractivity contribution is 0.385. The average Bonchev–Trinajstić information content (AvgIpc) is 2.82. The number of ether oxygens (including phenoxy) is 1. The minimum Gasteiger partial charge on any atom is -0.480 e. The van der Waals surface area contributed by atoms with Gasteiger partial charge in [-0.1, -0.05) is 11.6 Å². The van der Waals surface area contributed by atoms with E-state index in [0.717, 1.165) is 24.5 Å². The van der Waals surface area contributed by atoms with Crippen LogP contribution in [0.4, 0.5) is 24.9 Å². The Morgan fingerprint density at radius 3 is 2.50 bits per heavy atom. The minimum atomic E-state index is -4.53. The molecular formula is C20H14ClF3N6O3S. The van der Waals surface area contributed by atoms with E-state index in [-0.39, 0.29) is 27.8 Å². The van der Waals surface area contributed by atoms with Crippen molar-refractivity contribution in [2.45, 2.75) is 4.90 Å². The first-order valence-electron chi connectivity index (χ1n) is 9.36. The van der Waals surface area contributed by atoms with Gasteiger partial charge in [-0.05, 0) is 18.2 Å². The molecule has 14 heteroatoms. The van der Waals surface area contributed by atoms with Gasteiger partial charge in [0.1, 0.15) is 5.82 Å². The summed E-state index contributed by atoms with van der Waals surface area (Å²) >= 11 is 5.82. The van der Waals surface area contributed by atoms with Gasteiger partial charge in [0.15, 0.2) is 22.3 Å². The van der Waals surface area contributed by atoms with Crippen LogP contribution in [-0.2, 0) is 10.0 Å². The number of halogens is 4. The quantitative estimate of drug-likeness (QED) is 0.399. The van der Waals surface area contributed by atoms with Crippen molar-refractivity contribution >= 4 is 44.3 Å². The van der Waals surface area contributed by atoms with E-state index in [1.165, 1.54) is 13.2 Å². The predicted octanol–water partition coefficient (Wildman–Crippen LogP) is 4.01. The van der Waals surface area contributed by atoms with Crippen molar-refractivity contribution in [2.24, 2.45) is 0 Å². The second kappa shape index (κ2) is 8.91. The second-order valence-corrected chi connectivity index (χ2v) is 8.80. The molecule has 3 heterocycles. The molecule has 3 aromatic heterocycles. The lowest BCUT2D eigenvalue weighted by Gasteiger charge is -2.14. The van der Waals surface area contributed by atoms with Crippen molar-refractivity contribution < 1.29 is 26.3 Å². The molecule has 2 N–H and O–H groups in total. The fourth-order valence-corrected chi connectivity index (χ4v) is 4.48. The third-order valence-electron chi connectivity index (χ3n) is 4.66. The molecule has 0 saturated heterocycles. The Morgan fingerprint density at radius 1 is 1.03 bits per heavy atom. The summed E-state index contributed by atoms with van der Waals surface area (Å²) in [7, 11) is -1.78. The number of sulfonamides is 1. The molecule has 0 fully saturated rings. The Bertz CT molecular complexity index is 1540. The fraction of sp³-hybridized carbons (Fsp3) is 0.100. The van der Waals surface area contributed by atoms with Gasteiger partial charge < -0.3 is 10.1 Å². The predicted molar refractivity (Wildman–Crippen MR) is 119 cm³/mol. The maximum Gasteiger partial charge on any atom is 0.268 e. The van der Waals surface area contributed by atoms with Crippen molar-refractivity contribution in [3.63, 3.8) is 0 Å². The van der Waals surface area contributed by atoms with Gasteiger partial charge in [0.25, 0.3) is 10.0 Å². The van der Waals surface area contributed by atoms with Gasteiger partial charge in [0.05, 0.1) is 34.8 Å². The largest absolute Gasteiger partial charge is 0.480 e. The molecule has 0 bridgehead atoms. The number of benzene rings is 1. The molecule has 0 unspecified atom stereocenters. The van der Waals surface area contributed by atoms with Gasteiger partial charge in [-0.2, -0.15) is 0 Å². The SMILES string of the molecule is CNc1ncc2c(F)c(-c3c(F)cnc(NS(=O)(=O)c4cc(Cl)cnc4OC)c3F)ccc2n1. The highest BCUT2D eigenvalue weighted by molar-refractivity contribution is 7.92. The van der Waals surface area contributed by atoms with Crippen LogP contribution in [-0.4, -0.2) is 42.5 Å². The Labute approximate surface area is 196 Å². The van der Waals surface area contributed by atoms with Gasteiger partial charge in [-0.3, -0.25) is 4.72 Å². The van der Waals surface area contributed by atoms with Crippen LogP contribution in [0.25, 0.3) is 22.0 Å². The van der Waals surface area contributed by atoms with Crippen molar-refractivity contribution in [1.29, 1.82) is 0 Å². The number of nitrogens with one attached hydrogen (secondary N) is 2. The Kier molecular flexibility index (Phi) is 6.15. The molecule has 0 amide bonds. The molecular weight excluding hydrogens is 497 g/mol. The molecule has 4 rings (SSSR count). The normalized spacial score (nSPS) is 11.5. The number of aromatic nitrogens is 4. The first-order valence-corrected chi connectivity index (χ1v) is 11.2. The highest BCUT2D eigenvalue weighted by Crippen LogP contribution is 2.35. The number of nitrogens with zero attached hydrogens (tertiary/aromatic N) is 4. The molecule has 176 valence electrons. The van der Waals surface area contributed by atoms with E-state index in [0.29, 0.717) is 6.20 Å². The number of pyridine rings is 2. The molecule has 0 atom stereocenters. The zero-order chi connectivity index (χ0) is 24.6. The lowest BCUT2D eigenvalue weighted by atomic mass is 10.0.